The second-order valence-corrected chi connectivity index (χ2v) is 7.40. The number of anilines is 1. The van der Waals surface area contributed by atoms with Crippen molar-refractivity contribution in [3.8, 4) is 28.3 Å². The predicted octanol–water partition coefficient (Wildman–Crippen LogP) is 4.82. The summed E-state index contributed by atoms with van der Waals surface area (Å²) in [5.74, 6) is 1.71. The quantitative estimate of drug-likeness (QED) is 0.533. The number of nitrogens with one attached hydrogen (secondary N) is 1. The third-order valence-electron chi connectivity index (χ3n) is 5.54. The van der Waals surface area contributed by atoms with Gasteiger partial charge >= 0.3 is 0 Å². The molecule has 6 nitrogen and oxygen atoms in total. The molecule has 0 unspecified atom stereocenters. The number of fused-ring (bicyclic) bond motifs is 1. The molecule has 4 heterocycles. The zero-order valence-corrected chi connectivity index (χ0v) is 16.4. The molecule has 1 saturated carbocycles. The van der Waals surface area contributed by atoms with Crippen LogP contribution in [0.4, 0.5) is 5.82 Å². The average Bonchev–Trinajstić information content (AvgIpc) is 3.43. The number of methoxy groups -OCH3 is 1. The maximum atomic E-state index is 5.62. The second-order valence-electron chi connectivity index (χ2n) is 7.40. The van der Waals surface area contributed by atoms with Gasteiger partial charge in [-0.3, -0.25) is 9.38 Å². The van der Waals surface area contributed by atoms with Gasteiger partial charge in [0.1, 0.15) is 17.2 Å². The minimum Gasteiger partial charge on any atom is -0.496 e. The van der Waals surface area contributed by atoms with Crippen molar-refractivity contribution in [1.29, 1.82) is 0 Å². The summed E-state index contributed by atoms with van der Waals surface area (Å²) < 4.78 is 7.69. The van der Waals surface area contributed by atoms with Crippen LogP contribution < -0.4 is 10.1 Å². The summed E-state index contributed by atoms with van der Waals surface area (Å²) in [4.78, 5) is 13.6. The van der Waals surface area contributed by atoms with Crippen LogP contribution in [0.15, 0.2) is 61.2 Å². The van der Waals surface area contributed by atoms with Crippen LogP contribution >= 0.6 is 0 Å². The Labute approximate surface area is 169 Å². The Hall–Kier alpha value is -3.41. The van der Waals surface area contributed by atoms with E-state index in [4.69, 9.17) is 9.72 Å². The van der Waals surface area contributed by atoms with E-state index in [1.807, 2.05) is 42.6 Å². The van der Waals surface area contributed by atoms with Crippen molar-refractivity contribution in [2.45, 2.75) is 31.7 Å². The lowest BCUT2D eigenvalue weighted by atomic mass is 10.1. The fourth-order valence-corrected chi connectivity index (χ4v) is 4.05. The number of hydrogen-bond acceptors (Lipinski definition) is 5. The van der Waals surface area contributed by atoms with Gasteiger partial charge in [0.2, 0.25) is 0 Å². The normalized spacial score (nSPS) is 14.4. The highest BCUT2D eigenvalue weighted by molar-refractivity contribution is 5.74. The molecule has 1 aliphatic carbocycles. The highest BCUT2D eigenvalue weighted by atomic mass is 16.5. The Balaban J connectivity index is 1.57. The van der Waals surface area contributed by atoms with Crippen LogP contribution in [-0.2, 0) is 0 Å². The van der Waals surface area contributed by atoms with Crippen molar-refractivity contribution in [2.24, 2.45) is 0 Å². The molecule has 4 aromatic heterocycles. The van der Waals surface area contributed by atoms with Crippen LogP contribution in [0.2, 0.25) is 0 Å². The Morgan fingerprint density at radius 1 is 1.10 bits per heavy atom. The molecule has 29 heavy (non-hydrogen) atoms. The first-order chi connectivity index (χ1) is 14.3. The van der Waals surface area contributed by atoms with Gasteiger partial charge in [-0.25, -0.2) is 9.97 Å². The largest absolute Gasteiger partial charge is 0.496 e. The van der Waals surface area contributed by atoms with Crippen molar-refractivity contribution in [2.75, 3.05) is 12.4 Å². The van der Waals surface area contributed by atoms with E-state index in [9.17, 15) is 0 Å². The molecule has 1 fully saturated rings. The van der Waals surface area contributed by atoms with Gasteiger partial charge in [-0.2, -0.15) is 0 Å². The number of nitrogens with zero attached hydrogens (tertiary/aromatic N) is 4. The summed E-state index contributed by atoms with van der Waals surface area (Å²) in [6.45, 7) is 0. The first-order valence-electron chi connectivity index (χ1n) is 10.0. The lowest BCUT2D eigenvalue weighted by molar-refractivity contribution is 0.416. The zero-order valence-electron chi connectivity index (χ0n) is 16.4. The third-order valence-corrected chi connectivity index (χ3v) is 5.54. The number of pyridine rings is 3. The molecule has 0 saturated heterocycles. The van der Waals surface area contributed by atoms with Crippen LogP contribution in [-0.4, -0.2) is 32.5 Å². The summed E-state index contributed by atoms with van der Waals surface area (Å²) in [6.07, 6.45) is 12.5. The number of rotatable bonds is 5. The van der Waals surface area contributed by atoms with Gasteiger partial charge in [0, 0.05) is 36.3 Å². The molecule has 4 aromatic rings. The lowest BCUT2D eigenvalue weighted by Crippen LogP contribution is -2.15. The Bertz CT molecular complexity index is 1130. The SMILES string of the molecule is COc1cc2ncc(-c3cccc(NC4CCCC4)n3)n2cc1-c1ccncc1. The van der Waals surface area contributed by atoms with Crippen molar-refractivity contribution < 1.29 is 4.74 Å². The van der Waals surface area contributed by atoms with Crippen LogP contribution in [0.5, 0.6) is 5.75 Å². The lowest BCUT2D eigenvalue weighted by Gasteiger charge is -2.14. The number of ether oxygens (including phenoxy) is 1. The Morgan fingerprint density at radius 2 is 1.93 bits per heavy atom. The van der Waals surface area contributed by atoms with E-state index in [2.05, 4.69) is 25.9 Å². The molecular weight excluding hydrogens is 362 g/mol. The minimum atomic E-state index is 0.530. The van der Waals surface area contributed by atoms with Gasteiger partial charge in [0.25, 0.3) is 0 Å². The molecule has 146 valence electrons. The van der Waals surface area contributed by atoms with Crippen molar-refractivity contribution in [1.82, 2.24) is 19.4 Å². The highest BCUT2D eigenvalue weighted by Gasteiger charge is 2.16. The topological polar surface area (TPSA) is 64.3 Å². The molecular formula is C23H23N5O. The molecule has 0 aliphatic heterocycles. The fraction of sp³-hybridized carbons (Fsp3) is 0.261. The van der Waals surface area contributed by atoms with Gasteiger partial charge in [0.05, 0.1) is 24.7 Å². The molecule has 0 aromatic carbocycles. The van der Waals surface area contributed by atoms with E-state index in [0.29, 0.717) is 6.04 Å². The maximum Gasteiger partial charge on any atom is 0.140 e. The third kappa shape index (κ3) is 3.42. The molecule has 0 atom stereocenters. The number of hydrogen-bond donors (Lipinski definition) is 1. The van der Waals surface area contributed by atoms with E-state index < -0.39 is 0 Å². The van der Waals surface area contributed by atoms with Gasteiger partial charge in [-0.1, -0.05) is 18.9 Å². The fourth-order valence-electron chi connectivity index (χ4n) is 4.05. The van der Waals surface area contributed by atoms with E-state index in [1.165, 1.54) is 25.7 Å². The molecule has 0 spiro atoms. The standard InChI is InChI=1S/C23H23N5O/c1-29-21-13-23-25-14-20(28(23)15-18(21)16-9-11-24-12-10-16)19-7-4-8-22(27-19)26-17-5-2-3-6-17/h4,7-15,17H,2-3,5-6H2,1H3,(H,26,27). The van der Waals surface area contributed by atoms with E-state index in [0.717, 1.165) is 39.7 Å². The van der Waals surface area contributed by atoms with Gasteiger partial charge in [-0.05, 0) is 42.7 Å². The van der Waals surface area contributed by atoms with Crippen LogP contribution in [0.1, 0.15) is 25.7 Å². The summed E-state index contributed by atoms with van der Waals surface area (Å²) >= 11 is 0. The molecule has 0 radical (unpaired) electrons. The Kier molecular flexibility index (Phi) is 4.60. The van der Waals surface area contributed by atoms with Crippen molar-refractivity contribution >= 4 is 11.5 Å². The van der Waals surface area contributed by atoms with Crippen LogP contribution in [0, 0.1) is 0 Å². The minimum absolute atomic E-state index is 0.530. The molecule has 0 amide bonds. The summed E-state index contributed by atoms with van der Waals surface area (Å²) in [5, 5.41) is 3.58. The first-order valence-corrected chi connectivity index (χ1v) is 10.0. The molecule has 6 heteroatoms. The van der Waals surface area contributed by atoms with Crippen molar-refractivity contribution in [3.05, 3.63) is 61.2 Å². The zero-order chi connectivity index (χ0) is 19.6. The predicted molar refractivity (Wildman–Crippen MR) is 114 cm³/mol. The summed E-state index contributed by atoms with van der Waals surface area (Å²) in [5.41, 5.74) is 4.70. The highest BCUT2D eigenvalue weighted by Crippen LogP contribution is 2.33. The summed E-state index contributed by atoms with van der Waals surface area (Å²) in [7, 11) is 1.68. The molecule has 1 N–H and O–H groups in total. The second kappa shape index (κ2) is 7.54. The smallest absolute Gasteiger partial charge is 0.140 e. The van der Waals surface area contributed by atoms with Crippen LogP contribution in [0.3, 0.4) is 0 Å². The summed E-state index contributed by atoms with van der Waals surface area (Å²) in [6, 6.07) is 12.6. The number of aromatic nitrogens is 4. The van der Waals surface area contributed by atoms with Gasteiger partial charge in [-0.15, -0.1) is 0 Å². The number of imidazole rings is 1. The van der Waals surface area contributed by atoms with Crippen LogP contribution in [0.25, 0.3) is 28.2 Å². The van der Waals surface area contributed by atoms with Gasteiger partial charge in [0.15, 0.2) is 0 Å². The van der Waals surface area contributed by atoms with E-state index >= 15 is 0 Å². The average molecular weight is 385 g/mol. The monoisotopic (exact) mass is 385 g/mol. The molecule has 0 bridgehead atoms. The maximum absolute atomic E-state index is 5.62. The van der Waals surface area contributed by atoms with Crippen molar-refractivity contribution in [3.63, 3.8) is 0 Å². The molecule has 5 rings (SSSR count). The van der Waals surface area contributed by atoms with E-state index in [1.54, 1.807) is 19.5 Å². The van der Waals surface area contributed by atoms with Gasteiger partial charge < -0.3 is 10.1 Å². The Morgan fingerprint density at radius 3 is 2.72 bits per heavy atom. The molecule has 1 aliphatic rings. The van der Waals surface area contributed by atoms with E-state index in [-0.39, 0.29) is 0 Å². The first kappa shape index (κ1) is 17.7.